The fraction of sp³-hybridized carbons (Fsp3) is 0.235. The van der Waals surface area contributed by atoms with Gasteiger partial charge in [-0.1, -0.05) is 30.3 Å². The molecule has 2 rings (SSSR count). The van der Waals surface area contributed by atoms with E-state index in [1.807, 2.05) is 0 Å². The lowest BCUT2D eigenvalue weighted by molar-refractivity contribution is -0.303. The van der Waals surface area contributed by atoms with Crippen LogP contribution < -0.4 is 10.6 Å². The second-order valence-electron chi connectivity index (χ2n) is 6.09. The van der Waals surface area contributed by atoms with Crippen LogP contribution in [0.15, 0.2) is 30.3 Å². The number of anilines is 1. The summed E-state index contributed by atoms with van der Waals surface area (Å²) >= 11 is 0. The minimum Gasteiger partial charge on any atom is -0.316 e. The average molecular weight is 466 g/mol. The number of amides is 2. The van der Waals surface area contributed by atoms with E-state index >= 15 is 0 Å². The van der Waals surface area contributed by atoms with Gasteiger partial charge in [0.15, 0.2) is 23.3 Å². The Morgan fingerprint density at radius 1 is 0.710 bits per heavy atom. The molecule has 0 saturated heterocycles. The van der Waals surface area contributed by atoms with E-state index < -0.39 is 70.7 Å². The summed E-state index contributed by atoms with van der Waals surface area (Å²) in [6, 6.07) is 2.76. The van der Waals surface area contributed by atoms with Gasteiger partial charge in [0.2, 0.25) is 11.4 Å². The molecule has 0 heterocycles. The topological polar surface area (TPSA) is 41.1 Å². The van der Waals surface area contributed by atoms with Crippen molar-refractivity contribution >= 4 is 11.7 Å². The summed E-state index contributed by atoms with van der Waals surface area (Å²) in [7, 11) is 0. The molecular formula is C17H9F11N2O. The molecule has 31 heavy (non-hydrogen) atoms. The first-order valence-corrected chi connectivity index (χ1v) is 7.90. The van der Waals surface area contributed by atoms with Gasteiger partial charge >= 0.3 is 18.4 Å². The molecule has 0 fully saturated rings. The quantitative estimate of drug-likeness (QED) is 0.344. The molecule has 0 saturated carbocycles. The maximum Gasteiger partial charge on any atom is 0.420 e. The molecule has 0 aromatic heterocycles. The van der Waals surface area contributed by atoms with E-state index in [9.17, 15) is 53.1 Å². The zero-order chi connectivity index (χ0) is 23.8. The fourth-order valence-electron chi connectivity index (χ4n) is 2.50. The first-order chi connectivity index (χ1) is 14.1. The first kappa shape index (κ1) is 24.2. The number of halogens is 11. The highest BCUT2D eigenvalue weighted by Gasteiger charge is 2.71. The molecule has 0 radical (unpaired) electrons. The van der Waals surface area contributed by atoms with Crippen LogP contribution >= 0.6 is 0 Å². The zero-order valence-electron chi connectivity index (χ0n) is 14.7. The highest BCUT2D eigenvalue weighted by molar-refractivity contribution is 5.90. The van der Waals surface area contributed by atoms with Crippen molar-refractivity contribution in [3.05, 3.63) is 65.0 Å². The maximum absolute atomic E-state index is 13.6. The molecule has 0 unspecified atom stereocenters. The van der Waals surface area contributed by atoms with Gasteiger partial charge < -0.3 is 10.6 Å². The van der Waals surface area contributed by atoms with Gasteiger partial charge in [-0.05, 0) is 5.56 Å². The van der Waals surface area contributed by atoms with Gasteiger partial charge in [0, 0.05) is 6.42 Å². The summed E-state index contributed by atoms with van der Waals surface area (Å²) in [4.78, 5) is 11.8. The third kappa shape index (κ3) is 4.51. The Balaban J connectivity index is 2.50. The largest absolute Gasteiger partial charge is 0.420 e. The molecule has 14 heteroatoms. The van der Waals surface area contributed by atoms with Crippen LogP contribution in [0.2, 0.25) is 0 Å². The number of alkyl halides is 6. The summed E-state index contributed by atoms with van der Waals surface area (Å²) < 4.78 is 148. The van der Waals surface area contributed by atoms with Crippen molar-refractivity contribution in [3.63, 3.8) is 0 Å². The van der Waals surface area contributed by atoms with Gasteiger partial charge in [0.05, 0.1) is 0 Å². The van der Waals surface area contributed by atoms with Gasteiger partial charge in [-0.2, -0.15) is 26.3 Å². The molecular weight excluding hydrogens is 457 g/mol. The van der Waals surface area contributed by atoms with Crippen LogP contribution in [0.3, 0.4) is 0 Å². The number of nitrogens with one attached hydrogen (secondary N) is 2. The van der Waals surface area contributed by atoms with Crippen LogP contribution in [0.4, 0.5) is 58.8 Å². The third-order valence-electron chi connectivity index (χ3n) is 4.06. The molecule has 0 aliphatic carbocycles. The lowest BCUT2D eigenvalue weighted by atomic mass is 9.89. The van der Waals surface area contributed by atoms with Gasteiger partial charge in [-0.25, -0.2) is 26.7 Å². The van der Waals surface area contributed by atoms with Crippen molar-refractivity contribution in [1.29, 1.82) is 0 Å². The summed E-state index contributed by atoms with van der Waals surface area (Å²) in [5.74, 6) is -13.1. The Morgan fingerprint density at radius 3 is 1.55 bits per heavy atom. The Hall–Kier alpha value is -3.06. The van der Waals surface area contributed by atoms with E-state index in [1.54, 1.807) is 0 Å². The van der Waals surface area contributed by atoms with E-state index in [-0.39, 0.29) is 0 Å². The Morgan fingerprint density at radius 2 is 1.13 bits per heavy atom. The second-order valence-corrected chi connectivity index (χ2v) is 6.09. The number of carbonyl (C=O) groups excluding carboxylic acids is 1. The Kier molecular flexibility index (Phi) is 6.43. The summed E-state index contributed by atoms with van der Waals surface area (Å²) in [6.45, 7) is 0. The summed E-state index contributed by atoms with van der Waals surface area (Å²) in [5, 5.41) is 1.37. The minimum absolute atomic E-state index is 0.534. The molecule has 0 atom stereocenters. The Bertz CT molecular complexity index is 928. The van der Waals surface area contributed by atoms with Gasteiger partial charge in [-0.3, -0.25) is 0 Å². The lowest BCUT2D eigenvalue weighted by Gasteiger charge is -2.38. The van der Waals surface area contributed by atoms with Crippen LogP contribution in [0.5, 0.6) is 0 Å². The number of benzene rings is 2. The van der Waals surface area contributed by atoms with Crippen LogP contribution in [0.1, 0.15) is 5.56 Å². The highest BCUT2D eigenvalue weighted by atomic mass is 19.4. The van der Waals surface area contributed by atoms with Crippen molar-refractivity contribution in [2.45, 2.75) is 24.3 Å². The molecule has 0 spiro atoms. The first-order valence-electron chi connectivity index (χ1n) is 7.90. The van der Waals surface area contributed by atoms with E-state index in [1.165, 1.54) is 6.07 Å². The van der Waals surface area contributed by atoms with Crippen molar-refractivity contribution < 1.29 is 53.1 Å². The maximum atomic E-state index is 13.6. The number of hydrogen-bond donors (Lipinski definition) is 2. The van der Waals surface area contributed by atoms with E-state index in [2.05, 4.69) is 0 Å². The van der Waals surface area contributed by atoms with E-state index in [0.29, 0.717) is 5.32 Å². The van der Waals surface area contributed by atoms with Gasteiger partial charge in [0.25, 0.3) is 0 Å². The number of rotatable bonds is 4. The van der Waals surface area contributed by atoms with Crippen molar-refractivity contribution in [1.82, 2.24) is 5.32 Å². The molecule has 2 N–H and O–H groups in total. The van der Waals surface area contributed by atoms with Gasteiger partial charge in [0.1, 0.15) is 5.69 Å². The molecule has 2 aromatic rings. The molecule has 2 aromatic carbocycles. The molecule has 0 bridgehead atoms. The number of carbonyl (C=O) groups is 1. The van der Waals surface area contributed by atoms with Crippen molar-refractivity contribution in [2.24, 2.45) is 0 Å². The molecule has 170 valence electrons. The van der Waals surface area contributed by atoms with Crippen LogP contribution in [-0.4, -0.2) is 23.9 Å². The predicted octanol–water partition coefficient (Wildman–Crippen LogP) is 5.61. The van der Waals surface area contributed by atoms with Crippen LogP contribution in [-0.2, 0) is 6.42 Å². The van der Waals surface area contributed by atoms with Crippen molar-refractivity contribution in [2.75, 3.05) is 5.32 Å². The van der Waals surface area contributed by atoms with E-state index in [4.69, 9.17) is 0 Å². The highest BCUT2D eigenvalue weighted by Crippen LogP contribution is 2.45. The molecule has 0 aliphatic rings. The summed E-state index contributed by atoms with van der Waals surface area (Å²) in [6.07, 6.45) is -14.3. The zero-order valence-corrected chi connectivity index (χ0v) is 14.7. The van der Waals surface area contributed by atoms with Crippen molar-refractivity contribution in [3.8, 4) is 0 Å². The Labute approximate surface area is 165 Å². The number of urea groups is 1. The average Bonchev–Trinajstić information content (AvgIpc) is 2.66. The smallest absolute Gasteiger partial charge is 0.316 e. The fourth-order valence-corrected chi connectivity index (χ4v) is 2.50. The summed E-state index contributed by atoms with van der Waals surface area (Å²) in [5.41, 5.74) is -7.63. The van der Waals surface area contributed by atoms with Gasteiger partial charge in [-0.15, -0.1) is 0 Å². The molecule has 2 amide bonds. The molecule has 0 aliphatic heterocycles. The SMILES string of the molecule is O=C(Nc1c(F)c(F)c(F)c(F)c1F)NC(Cc1ccccc1)(C(F)(F)F)C(F)(F)F. The molecule has 3 nitrogen and oxygen atoms in total. The predicted molar refractivity (Wildman–Crippen MR) is 83.4 cm³/mol. The minimum atomic E-state index is -6.19. The monoisotopic (exact) mass is 466 g/mol. The third-order valence-corrected chi connectivity index (χ3v) is 4.06. The second kappa shape index (κ2) is 8.23. The number of hydrogen-bond acceptors (Lipinski definition) is 1. The normalized spacial score (nSPS) is 12.6. The van der Waals surface area contributed by atoms with E-state index in [0.717, 1.165) is 29.6 Å². The van der Waals surface area contributed by atoms with Crippen LogP contribution in [0.25, 0.3) is 0 Å². The standard InChI is InChI=1S/C17H9F11N2O/c18-8-9(19)11(21)13(12(22)10(8)20)29-14(31)30-15(16(23,24)25,17(26,27)28)6-7-4-2-1-3-5-7/h1-5H,6H2,(H2,29,30,31). The van der Waals surface area contributed by atoms with Crippen LogP contribution in [0, 0.1) is 29.1 Å². The lowest BCUT2D eigenvalue weighted by Crippen LogP contribution is -2.69.